The van der Waals surface area contributed by atoms with Gasteiger partial charge in [-0.15, -0.1) is 5.10 Å². The highest BCUT2D eigenvalue weighted by atomic mass is 32.2. The lowest BCUT2D eigenvalue weighted by molar-refractivity contribution is 0.0915. The molecule has 0 spiro atoms. The quantitative estimate of drug-likeness (QED) is 0.784. The second-order valence-corrected chi connectivity index (χ2v) is 5.78. The number of amides is 1. The van der Waals surface area contributed by atoms with Crippen LogP contribution in [0.1, 0.15) is 22.6 Å². The number of aromatic nitrogens is 4. The van der Waals surface area contributed by atoms with Gasteiger partial charge >= 0.3 is 0 Å². The number of aliphatic hydroxyl groups is 1. The molecule has 0 aliphatic carbocycles. The van der Waals surface area contributed by atoms with E-state index in [0.29, 0.717) is 17.1 Å². The van der Waals surface area contributed by atoms with Gasteiger partial charge in [-0.3, -0.25) is 4.79 Å². The Kier molecular flexibility index (Phi) is 5.91. The fraction of sp³-hybridized carbons (Fsp3) is 0.429. The topological polar surface area (TPSA) is 92.9 Å². The van der Waals surface area contributed by atoms with E-state index in [1.165, 1.54) is 4.68 Å². The van der Waals surface area contributed by atoms with Crippen molar-refractivity contribution in [2.45, 2.75) is 19.4 Å². The second kappa shape index (κ2) is 7.90. The molecule has 1 atom stereocenters. The van der Waals surface area contributed by atoms with E-state index >= 15 is 0 Å². The van der Waals surface area contributed by atoms with Crippen LogP contribution in [-0.2, 0) is 0 Å². The molecule has 0 radical (unpaired) electrons. The van der Waals surface area contributed by atoms with Crippen molar-refractivity contribution >= 4 is 17.7 Å². The number of hydrogen-bond donors (Lipinski definition) is 2. The molecule has 0 saturated carbocycles. The zero-order valence-electron chi connectivity index (χ0n) is 12.6. The van der Waals surface area contributed by atoms with E-state index in [1.807, 2.05) is 12.3 Å². The van der Waals surface area contributed by atoms with Crippen molar-refractivity contribution < 1.29 is 9.90 Å². The molecule has 1 amide bonds. The number of thioether (sulfide) groups is 1. The van der Waals surface area contributed by atoms with Gasteiger partial charge in [0.05, 0.1) is 23.9 Å². The highest BCUT2D eigenvalue weighted by Crippen LogP contribution is 2.14. The SMILES string of the molecule is CSCCC(CO)NC(=O)c1ccccc1-n1nnnc1C. The van der Waals surface area contributed by atoms with Crippen LogP contribution in [0.3, 0.4) is 0 Å². The van der Waals surface area contributed by atoms with E-state index in [9.17, 15) is 9.90 Å². The largest absolute Gasteiger partial charge is 0.394 e. The summed E-state index contributed by atoms with van der Waals surface area (Å²) in [5.74, 6) is 1.23. The predicted molar refractivity (Wildman–Crippen MR) is 85.2 cm³/mol. The number of nitrogens with one attached hydrogen (secondary N) is 1. The molecule has 0 aliphatic heterocycles. The second-order valence-electron chi connectivity index (χ2n) is 4.79. The van der Waals surface area contributed by atoms with Gasteiger partial charge < -0.3 is 10.4 Å². The standard InChI is InChI=1S/C14H19N5O2S/c1-10-16-17-18-19(10)13-6-4-3-5-12(13)14(21)15-11(9-20)7-8-22-2/h3-6,11,20H,7-9H2,1-2H3,(H,15,21). The van der Waals surface area contributed by atoms with Crippen LogP contribution in [0.25, 0.3) is 5.69 Å². The first kappa shape index (κ1) is 16.4. The van der Waals surface area contributed by atoms with Gasteiger partial charge in [-0.25, -0.2) is 0 Å². The minimum atomic E-state index is -0.261. The highest BCUT2D eigenvalue weighted by molar-refractivity contribution is 7.98. The van der Waals surface area contributed by atoms with Crippen LogP contribution in [0.15, 0.2) is 24.3 Å². The van der Waals surface area contributed by atoms with Gasteiger partial charge in [0.1, 0.15) is 0 Å². The third-order valence-electron chi connectivity index (χ3n) is 3.23. The lowest BCUT2D eigenvalue weighted by Gasteiger charge is -2.17. The molecule has 0 bridgehead atoms. The Hall–Kier alpha value is -1.93. The summed E-state index contributed by atoms with van der Waals surface area (Å²) in [7, 11) is 0. The van der Waals surface area contributed by atoms with Crippen molar-refractivity contribution in [2.24, 2.45) is 0 Å². The Labute approximate surface area is 133 Å². The molecule has 0 fully saturated rings. The Morgan fingerprint density at radius 1 is 1.45 bits per heavy atom. The number of carbonyl (C=O) groups is 1. The van der Waals surface area contributed by atoms with E-state index in [1.54, 1.807) is 36.9 Å². The Morgan fingerprint density at radius 3 is 2.86 bits per heavy atom. The number of aliphatic hydroxyl groups excluding tert-OH is 1. The molecule has 1 aromatic heterocycles. The van der Waals surface area contributed by atoms with Crippen molar-refractivity contribution in [3.05, 3.63) is 35.7 Å². The predicted octanol–water partition coefficient (Wildman–Crippen LogP) is 0.815. The van der Waals surface area contributed by atoms with Crippen molar-refractivity contribution in [1.29, 1.82) is 0 Å². The first-order valence-electron chi connectivity index (χ1n) is 6.92. The molecule has 0 saturated heterocycles. The molecule has 7 nitrogen and oxygen atoms in total. The van der Waals surface area contributed by atoms with Crippen LogP contribution in [0.4, 0.5) is 0 Å². The average molecular weight is 321 g/mol. The maximum atomic E-state index is 12.5. The molecule has 22 heavy (non-hydrogen) atoms. The van der Waals surface area contributed by atoms with Crippen molar-refractivity contribution in [1.82, 2.24) is 25.5 Å². The molecule has 1 aromatic carbocycles. The van der Waals surface area contributed by atoms with E-state index in [2.05, 4.69) is 20.8 Å². The fourth-order valence-corrected chi connectivity index (χ4v) is 2.56. The zero-order valence-corrected chi connectivity index (χ0v) is 13.4. The van der Waals surface area contributed by atoms with E-state index < -0.39 is 0 Å². The Balaban J connectivity index is 2.22. The maximum Gasteiger partial charge on any atom is 0.253 e. The number of rotatable bonds is 7. The van der Waals surface area contributed by atoms with Crippen LogP contribution in [0.5, 0.6) is 0 Å². The van der Waals surface area contributed by atoms with Crippen molar-refractivity contribution in [2.75, 3.05) is 18.6 Å². The summed E-state index contributed by atoms with van der Waals surface area (Å²) in [5, 5.41) is 23.6. The average Bonchev–Trinajstić information content (AvgIpc) is 2.97. The molecule has 1 unspecified atom stereocenters. The molecular weight excluding hydrogens is 302 g/mol. The monoisotopic (exact) mass is 321 g/mol. The van der Waals surface area contributed by atoms with Crippen LogP contribution < -0.4 is 5.32 Å². The smallest absolute Gasteiger partial charge is 0.253 e. The molecular formula is C14H19N5O2S. The summed E-state index contributed by atoms with van der Waals surface area (Å²) in [5.41, 5.74) is 1.09. The normalized spacial score (nSPS) is 12.1. The number of carbonyl (C=O) groups excluding carboxylic acids is 1. The third-order valence-corrected chi connectivity index (χ3v) is 3.87. The first-order valence-corrected chi connectivity index (χ1v) is 8.31. The minimum Gasteiger partial charge on any atom is -0.394 e. The number of nitrogens with zero attached hydrogens (tertiary/aromatic N) is 4. The van der Waals surface area contributed by atoms with E-state index in [4.69, 9.17) is 0 Å². The molecule has 0 aliphatic rings. The van der Waals surface area contributed by atoms with Gasteiger partial charge in [-0.05, 0) is 47.9 Å². The molecule has 2 rings (SSSR count). The lowest BCUT2D eigenvalue weighted by atomic mass is 10.1. The number of para-hydroxylation sites is 1. The van der Waals surface area contributed by atoms with Gasteiger partial charge in [0.25, 0.3) is 5.91 Å². The number of tetrazole rings is 1. The zero-order chi connectivity index (χ0) is 15.9. The molecule has 118 valence electrons. The van der Waals surface area contributed by atoms with Crippen molar-refractivity contribution in [3.63, 3.8) is 0 Å². The molecule has 2 N–H and O–H groups in total. The van der Waals surface area contributed by atoms with E-state index in [0.717, 1.165) is 12.2 Å². The summed E-state index contributed by atoms with van der Waals surface area (Å²) in [4.78, 5) is 12.5. The summed E-state index contributed by atoms with van der Waals surface area (Å²) in [6, 6.07) is 6.85. The Morgan fingerprint density at radius 2 is 2.23 bits per heavy atom. The number of hydrogen-bond acceptors (Lipinski definition) is 6. The van der Waals surface area contributed by atoms with Crippen LogP contribution in [0.2, 0.25) is 0 Å². The first-order chi connectivity index (χ1) is 10.7. The summed E-state index contributed by atoms with van der Waals surface area (Å²) >= 11 is 1.68. The van der Waals surface area contributed by atoms with Crippen molar-refractivity contribution in [3.8, 4) is 5.69 Å². The van der Waals surface area contributed by atoms with Gasteiger partial charge in [-0.2, -0.15) is 16.4 Å². The Bertz CT molecular complexity index is 631. The molecule has 1 heterocycles. The summed E-state index contributed by atoms with van der Waals surface area (Å²) < 4.78 is 1.52. The fourth-order valence-electron chi connectivity index (χ4n) is 2.04. The third kappa shape index (κ3) is 3.83. The van der Waals surface area contributed by atoms with Crippen LogP contribution in [-0.4, -0.2) is 55.9 Å². The lowest BCUT2D eigenvalue weighted by Crippen LogP contribution is -2.38. The van der Waals surface area contributed by atoms with Crippen LogP contribution in [0, 0.1) is 6.92 Å². The number of aryl methyl sites for hydroxylation is 1. The molecule has 2 aromatic rings. The summed E-state index contributed by atoms with van der Waals surface area (Å²) in [6.07, 6.45) is 2.71. The van der Waals surface area contributed by atoms with Gasteiger partial charge in [0.2, 0.25) is 0 Å². The minimum absolute atomic E-state index is 0.0849. The van der Waals surface area contributed by atoms with Gasteiger partial charge in [0, 0.05) is 0 Å². The van der Waals surface area contributed by atoms with Gasteiger partial charge in [-0.1, -0.05) is 12.1 Å². The van der Waals surface area contributed by atoms with E-state index in [-0.39, 0.29) is 18.6 Å². The maximum absolute atomic E-state index is 12.5. The number of benzene rings is 1. The summed E-state index contributed by atoms with van der Waals surface area (Å²) in [6.45, 7) is 1.68. The highest BCUT2D eigenvalue weighted by Gasteiger charge is 2.18. The van der Waals surface area contributed by atoms with Gasteiger partial charge in [0.15, 0.2) is 5.82 Å². The molecule has 8 heteroatoms. The van der Waals surface area contributed by atoms with Crippen LogP contribution >= 0.6 is 11.8 Å².